The van der Waals surface area contributed by atoms with Crippen LogP contribution >= 0.6 is 0 Å². The molecule has 2 rings (SSSR count). The molecule has 0 bridgehead atoms. The first kappa shape index (κ1) is 18.7. The second-order valence-corrected chi connectivity index (χ2v) is 8.56. The fraction of sp³-hybridized carbons (Fsp3) is 0.938. The molecule has 1 saturated heterocycles. The fourth-order valence-electron chi connectivity index (χ4n) is 3.71. The van der Waals surface area contributed by atoms with Gasteiger partial charge in [0, 0.05) is 51.2 Å². The third-order valence-corrected chi connectivity index (χ3v) is 7.01. The first-order valence-electron chi connectivity index (χ1n) is 8.91. The van der Waals surface area contributed by atoms with Crippen molar-refractivity contribution in [2.75, 3.05) is 39.3 Å². The molecule has 2 atom stereocenters. The molecule has 6 nitrogen and oxygen atoms in total. The number of hydrogen-bond donors (Lipinski definition) is 0. The minimum atomic E-state index is -3.32. The second kappa shape index (κ2) is 8.43. The van der Waals surface area contributed by atoms with E-state index in [4.69, 9.17) is 5.26 Å². The van der Waals surface area contributed by atoms with Crippen molar-refractivity contribution < 1.29 is 8.42 Å². The van der Waals surface area contributed by atoms with Crippen molar-refractivity contribution >= 4 is 10.2 Å². The van der Waals surface area contributed by atoms with Gasteiger partial charge < -0.3 is 0 Å². The van der Waals surface area contributed by atoms with Gasteiger partial charge in [0.05, 0.1) is 6.07 Å². The van der Waals surface area contributed by atoms with E-state index in [9.17, 15) is 8.42 Å². The Bertz CT molecular complexity index is 503. The highest BCUT2D eigenvalue weighted by molar-refractivity contribution is 7.86. The lowest BCUT2D eigenvalue weighted by atomic mass is 10.1. The normalized spacial score (nSPS) is 27.4. The Morgan fingerprint density at radius 2 is 1.70 bits per heavy atom. The zero-order valence-corrected chi connectivity index (χ0v) is 15.3. The molecule has 0 amide bonds. The topological polar surface area (TPSA) is 67.7 Å². The molecule has 2 aliphatic rings. The number of piperazine rings is 1. The Hall–Kier alpha value is -0.680. The molecule has 2 unspecified atom stereocenters. The molecule has 0 aromatic carbocycles. The summed E-state index contributed by atoms with van der Waals surface area (Å²) in [4.78, 5) is 2.38. The second-order valence-electron chi connectivity index (χ2n) is 6.63. The predicted molar refractivity (Wildman–Crippen MR) is 91.0 cm³/mol. The molecule has 0 radical (unpaired) electrons. The van der Waals surface area contributed by atoms with Crippen LogP contribution in [0.25, 0.3) is 0 Å². The lowest BCUT2D eigenvalue weighted by Gasteiger charge is -2.39. The maximum Gasteiger partial charge on any atom is 0.282 e. The Kier molecular flexibility index (Phi) is 6.84. The molecule has 132 valence electrons. The molecule has 1 heterocycles. The van der Waals surface area contributed by atoms with Gasteiger partial charge >= 0.3 is 0 Å². The van der Waals surface area contributed by atoms with E-state index in [-0.39, 0.29) is 5.92 Å². The molecule has 0 spiro atoms. The number of nitriles is 1. The van der Waals surface area contributed by atoms with Gasteiger partial charge in [-0.05, 0) is 32.1 Å². The van der Waals surface area contributed by atoms with E-state index in [1.807, 2.05) is 13.8 Å². The van der Waals surface area contributed by atoms with Gasteiger partial charge in [-0.15, -0.1) is 0 Å². The summed E-state index contributed by atoms with van der Waals surface area (Å²) < 4.78 is 28.8. The Balaban J connectivity index is 1.91. The molecule has 23 heavy (non-hydrogen) atoms. The molecule has 7 heteroatoms. The van der Waals surface area contributed by atoms with Crippen molar-refractivity contribution in [1.82, 2.24) is 13.5 Å². The Morgan fingerprint density at radius 1 is 1.09 bits per heavy atom. The molecular formula is C16H30N4O2S. The quantitative estimate of drug-likeness (QED) is 0.706. The predicted octanol–water partition coefficient (Wildman–Crippen LogP) is 1.66. The van der Waals surface area contributed by atoms with Crippen molar-refractivity contribution in [3.63, 3.8) is 0 Å². The standard InChI is InChI=1S/C16H30N4O2S/c1-3-7-19(8-4-2)23(21,22)20-11-9-18(10-12-20)16-6-5-15(13-16)14-17/h15-16H,3-13H2,1-2H3. The van der Waals surface area contributed by atoms with Gasteiger partial charge in [0.15, 0.2) is 0 Å². The van der Waals surface area contributed by atoms with E-state index in [1.54, 1.807) is 8.61 Å². The van der Waals surface area contributed by atoms with Gasteiger partial charge in [0.2, 0.25) is 0 Å². The summed E-state index contributed by atoms with van der Waals surface area (Å²) in [5.41, 5.74) is 0. The van der Waals surface area contributed by atoms with Gasteiger partial charge in [0.25, 0.3) is 10.2 Å². The number of rotatable bonds is 7. The van der Waals surface area contributed by atoms with Gasteiger partial charge in [-0.1, -0.05) is 13.8 Å². The van der Waals surface area contributed by atoms with Crippen LogP contribution in [0.5, 0.6) is 0 Å². The van der Waals surface area contributed by atoms with Gasteiger partial charge in [-0.2, -0.15) is 22.3 Å². The molecule has 2 fully saturated rings. The summed E-state index contributed by atoms with van der Waals surface area (Å²) in [6, 6.07) is 2.83. The zero-order valence-electron chi connectivity index (χ0n) is 14.4. The van der Waals surface area contributed by atoms with E-state index in [0.29, 0.717) is 32.2 Å². The van der Waals surface area contributed by atoms with Crippen LogP contribution in [0.4, 0.5) is 0 Å². The van der Waals surface area contributed by atoms with E-state index < -0.39 is 10.2 Å². The fourth-order valence-corrected chi connectivity index (χ4v) is 5.49. The molecule has 0 aromatic heterocycles. The van der Waals surface area contributed by atoms with E-state index in [2.05, 4.69) is 11.0 Å². The highest BCUT2D eigenvalue weighted by atomic mass is 32.2. The Morgan fingerprint density at radius 3 is 2.17 bits per heavy atom. The SMILES string of the molecule is CCCN(CCC)S(=O)(=O)N1CCN(C2CCC(C#N)C2)CC1. The summed E-state index contributed by atoms with van der Waals surface area (Å²) in [5, 5.41) is 9.03. The molecule has 1 saturated carbocycles. The first-order valence-corrected chi connectivity index (χ1v) is 10.3. The monoisotopic (exact) mass is 342 g/mol. The summed E-state index contributed by atoms with van der Waals surface area (Å²) in [5.74, 6) is 0.186. The lowest BCUT2D eigenvalue weighted by Crippen LogP contribution is -2.55. The van der Waals surface area contributed by atoms with Crippen LogP contribution < -0.4 is 0 Å². The summed E-state index contributed by atoms with van der Waals surface area (Å²) >= 11 is 0. The average Bonchev–Trinajstić information content (AvgIpc) is 3.04. The first-order chi connectivity index (χ1) is 11.0. The van der Waals surface area contributed by atoms with Crippen LogP contribution in [0.3, 0.4) is 0 Å². The zero-order chi connectivity index (χ0) is 16.9. The molecule has 0 aromatic rings. The molecule has 1 aliphatic carbocycles. The van der Waals surface area contributed by atoms with Crippen molar-refractivity contribution in [2.24, 2.45) is 5.92 Å². The van der Waals surface area contributed by atoms with Crippen LogP contribution in [-0.4, -0.2) is 67.2 Å². The third-order valence-electron chi connectivity index (χ3n) is 4.98. The van der Waals surface area contributed by atoms with Gasteiger partial charge in [0.1, 0.15) is 0 Å². The molecule has 1 aliphatic heterocycles. The van der Waals surface area contributed by atoms with Crippen LogP contribution in [0, 0.1) is 17.2 Å². The number of hydrogen-bond acceptors (Lipinski definition) is 4. The third kappa shape index (κ3) is 4.44. The van der Waals surface area contributed by atoms with Gasteiger partial charge in [-0.25, -0.2) is 0 Å². The molecule has 0 N–H and O–H groups in total. The van der Waals surface area contributed by atoms with Crippen LogP contribution in [0.1, 0.15) is 46.0 Å². The van der Waals surface area contributed by atoms with Crippen LogP contribution in [0.2, 0.25) is 0 Å². The minimum Gasteiger partial charge on any atom is -0.298 e. The summed E-state index contributed by atoms with van der Waals surface area (Å²) in [6.45, 7) is 7.94. The Labute approximate surface area is 141 Å². The highest BCUT2D eigenvalue weighted by Crippen LogP contribution is 2.29. The van der Waals surface area contributed by atoms with Gasteiger partial charge in [-0.3, -0.25) is 4.90 Å². The van der Waals surface area contributed by atoms with E-state index >= 15 is 0 Å². The minimum absolute atomic E-state index is 0.186. The van der Waals surface area contributed by atoms with Crippen LogP contribution in [-0.2, 0) is 10.2 Å². The van der Waals surface area contributed by atoms with Crippen molar-refractivity contribution in [1.29, 1.82) is 5.26 Å². The van der Waals surface area contributed by atoms with Crippen molar-refractivity contribution in [3.8, 4) is 6.07 Å². The van der Waals surface area contributed by atoms with Crippen LogP contribution in [0.15, 0.2) is 0 Å². The number of nitrogens with zero attached hydrogens (tertiary/aromatic N) is 4. The molecular weight excluding hydrogens is 312 g/mol. The van der Waals surface area contributed by atoms with Crippen molar-refractivity contribution in [3.05, 3.63) is 0 Å². The van der Waals surface area contributed by atoms with E-state index in [1.165, 1.54) is 0 Å². The summed E-state index contributed by atoms with van der Waals surface area (Å²) in [7, 11) is -3.32. The smallest absolute Gasteiger partial charge is 0.282 e. The maximum atomic E-state index is 12.8. The van der Waals surface area contributed by atoms with E-state index in [0.717, 1.165) is 45.2 Å². The lowest BCUT2D eigenvalue weighted by molar-refractivity contribution is 0.133. The largest absolute Gasteiger partial charge is 0.298 e. The maximum absolute atomic E-state index is 12.8. The van der Waals surface area contributed by atoms with Crippen molar-refractivity contribution in [2.45, 2.75) is 52.0 Å². The summed E-state index contributed by atoms with van der Waals surface area (Å²) in [6.07, 6.45) is 4.69. The highest BCUT2D eigenvalue weighted by Gasteiger charge is 2.35. The average molecular weight is 343 g/mol.